The average Bonchev–Trinajstić information content (AvgIpc) is 3.21. The zero-order chi connectivity index (χ0) is 22.2. The highest BCUT2D eigenvalue weighted by molar-refractivity contribution is 5.95. The van der Waals surface area contributed by atoms with Gasteiger partial charge in [0.15, 0.2) is 5.82 Å². The molecule has 3 aliphatic rings. The number of nitrogens with zero attached hydrogens (tertiary/aromatic N) is 2. The highest BCUT2D eigenvalue weighted by atomic mass is 19.1. The van der Waals surface area contributed by atoms with Gasteiger partial charge in [0.05, 0.1) is 25.3 Å². The summed E-state index contributed by atoms with van der Waals surface area (Å²) in [6.07, 6.45) is 1.60. The number of fused-ring (bicyclic) bond motifs is 1. The molecule has 0 radical (unpaired) electrons. The molecular weight excluding hydrogens is 413 g/mol. The molecule has 32 heavy (non-hydrogen) atoms. The maximum atomic E-state index is 14.6. The number of hydrazine groups is 2. The van der Waals surface area contributed by atoms with Crippen LogP contribution in [-0.4, -0.2) is 49.4 Å². The fourth-order valence-corrected chi connectivity index (χ4v) is 4.83. The van der Waals surface area contributed by atoms with Crippen LogP contribution in [0.3, 0.4) is 0 Å². The van der Waals surface area contributed by atoms with E-state index in [1.54, 1.807) is 12.1 Å². The predicted molar refractivity (Wildman–Crippen MR) is 119 cm³/mol. The van der Waals surface area contributed by atoms with Crippen molar-refractivity contribution in [3.8, 4) is 5.75 Å². The summed E-state index contributed by atoms with van der Waals surface area (Å²) in [7, 11) is 1.46. The lowest BCUT2D eigenvalue weighted by Gasteiger charge is -2.37. The summed E-state index contributed by atoms with van der Waals surface area (Å²) in [4.78, 5) is 15.1. The number of benzene rings is 2. The number of halogens is 1. The lowest BCUT2D eigenvalue weighted by atomic mass is 9.93. The van der Waals surface area contributed by atoms with Crippen LogP contribution in [0.15, 0.2) is 42.5 Å². The number of piperidine rings is 1. The number of aliphatic hydroxyl groups is 1. The van der Waals surface area contributed by atoms with E-state index in [-0.39, 0.29) is 42.2 Å². The van der Waals surface area contributed by atoms with Crippen LogP contribution in [0.1, 0.15) is 30.9 Å². The summed E-state index contributed by atoms with van der Waals surface area (Å²) in [6, 6.07) is 12.5. The number of ether oxygens (including phenoxy) is 1. The van der Waals surface area contributed by atoms with Gasteiger partial charge in [-0.1, -0.05) is 18.2 Å². The highest BCUT2D eigenvalue weighted by Gasteiger charge is 2.44. The van der Waals surface area contributed by atoms with Crippen LogP contribution in [0.4, 0.5) is 15.8 Å². The van der Waals surface area contributed by atoms with Crippen LogP contribution in [0.2, 0.25) is 0 Å². The number of rotatable bonds is 4. The fraction of sp³-hybridized carbons (Fsp3) is 0.435. The highest BCUT2D eigenvalue weighted by Crippen LogP contribution is 2.35. The van der Waals surface area contributed by atoms with E-state index in [1.165, 1.54) is 18.2 Å². The number of carbonyl (C=O) groups excluding carboxylic acids is 1. The molecule has 3 atom stereocenters. The molecule has 8 nitrogen and oxygen atoms in total. The number of hydrogen-bond donors (Lipinski definition) is 4. The first-order chi connectivity index (χ1) is 15.5. The minimum atomic E-state index is -0.518. The maximum Gasteiger partial charge on any atom is 0.243 e. The minimum Gasteiger partial charge on any atom is -0.494 e. The second-order valence-corrected chi connectivity index (χ2v) is 8.56. The normalized spacial score (nSPS) is 26.3. The van der Waals surface area contributed by atoms with Gasteiger partial charge in [-0.05, 0) is 42.7 Å². The summed E-state index contributed by atoms with van der Waals surface area (Å²) in [5.41, 5.74) is 12.0. The minimum absolute atomic E-state index is 0.103. The lowest BCUT2D eigenvalue weighted by Crippen LogP contribution is -2.60. The smallest absolute Gasteiger partial charge is 0.243 e. The van der Waals surface area contributed by atoms with Gasteiger partial charge in [0.1, 0.15) is 11.4 Å². The van der Waals surface area contributed by atoms with Crippen LogP contribution in [-0.2, 0) is 4.79 Å². The molecule has 3 heterocycles. The summed E-state index contributed by atoms with van der Waals surface area (Å²) in [6.45, 7) is 1.69. The first-order valence-corrected chi connectivity index (χ1v) is 11.0. The van der Waals surface area contributed by atoms with Crippen molar-refractivity contribution >= 4 is 17.3 Å². The average molecular weight is 442 g/mol. The number of carbonyl (C=O) groups is 1. The van der Waals surface area contributed by atoms with Gasteiger partial charge in [0.25, 0.3) is 0 Å². The van der Waals surface area contributed by atoms with Gasteiger partial charge in [0, 0.05) is 31.2 Å². The van der Waals surface area contributed by atoms with E-state index in [2.05, 4.69) is 45.4 Å². The Bertz CT molecular complexity index is 980. The molecule has 0 saturated carbocycles. The van der Waals surface area contributed by atoms with E-state index in [1.807, 2.05) is 0 Å². The molecular formula is C23H28FN5O3. The molecule has 0 bridgehead atoms. The summed E-state index contributed by atoms with van der Waals surface area (Å²) in [5, 5.41) is 11.0. The van der Waals surface area contributed by atoms with Gasteiger partial charge < -0.3 is 14.7 Å². The fourth-order valence-electron chi connectivity index (χ4n) is 4.83. The molecule has 5 rings (SSSR count). The molecule has 1 amide bonds. The topological polar surface area (TPSA) is 89.1 Å². The van der Waals surface area contributed by atoms with E-state index >= 15 is 0 Å². The Balaban J connectivity index is 1.36. The van der Waals surface area contributed by atoms with Gasteiger partial charge in [-0.15, -0.1) is 0 Å². The molecule has 0 aromatic heterocycles. The van der Waals surface area contributed by atoms with Crippen LogP contribution < -0.4 is 30.9 Å². The molecule has 2 aromatic carbocycles. The Hall–Kier alpha value is -2.72. The molecule has 0 aliphatic carbocycles. The van der Waals surface area contributed by atoms with E-state index in [4.69, 9.17) is 4.74 Å². The maximum absolute atomic E-state index is 14.6. The first-order valence-electron chi connectivity index (χ1n) is 11.0. The standard InChI is InChI=1S/C23H28FN5O3/c1-32-19-4-2-3-17(24)23(19)29-20(31)13-18-22(27-29)21(26-25-18)14-5-7-15(8-6-14)28-11-9-16(30)10-12-28/h2-8,16,18,21-22,25-27,30H,9-13H2,1H3. The molecule has 3 aliphatic heterocycles. The van der Waals surface area contributed by atoms with Crippen LogP contribution in [0, 0.1) is 5.82 Å². The van der Waals surface area contributed by atoms with E-state index < -0.39 is 5.82 Å². The molecule has 4 N–H and O–H groups in total. The quantitative estimate of drug-likeness (QED) is 0.574. The second kappa shape index (κ2) is 8.67. The Kier molecular flexibility index (Phi) is 5.73. The van der Waals surface area contributed by atoms with Crippen LogP contribution >= 0.6 is 0 Å². The van der Waals surface area contributed by atoms with Gasteiger partial charge >= 0.3 is 0 Å². The SMILES string of the molecule is COc1cccc(F)c1N1NC2C(CC1=O)NNC2c1ccc(N2CCC(O)CC2)cc1. The summed E-state index contributed by atoms with van der Waals surface area (Å²) >= 11 is 0. The Morgan fingerprint density at radius 1 is 1.09 bits per heavy atom. The largest absolute Gasteiger partial charge is 0.494 e. The molecule has 170 valence electrons. The van der Waals surface area contributed by atoms with Gasteiger partial charge in [-0.3, -0.25) is 10.2 Å². The van der Waals surface area contributed by atoms with Crippen molar-refractivity contribution < 1.29 is 19.0 Å². The number of para-hydroxylation sites is 1. The number of hydrogen-bond acceptors (Lipinski definition) is 7. The number of anilines is 2. The number of aliphatic hydroxyl groups excluding tert-OH is 1. The number of methoxy groups -OCH3 is 1. The molecule has 0 spiro atoms. The number of nitrogens with one attached hydrogen (secondary N) is 3. The lowest BCUT2D eigenvalue weighted by molar-refractivity contribution is -0.121. The number of amides is 1. The van der Waals surface area contributed by atoms with Crippen molar-refractivity contribution in [2.24, 2.45) is 0 Å². The predicted octanol–water partition coefficient (Wildman–Crippen LogP) is 1.62. The Labute approximate surface area is 186 Å². The first kappa shape index (κ1) is 21.1. The Morgan fingerprint density at radius 2 is 1.84 bits per heavy atom. The monoisotopic (exact) mass is 441 g/mol. The van der Waals surface area contributed by atoms with Gasteiger partial charge in [-0.25, -0.2) is 20.3 Å². The van der Waals surface area contributed by atoms with Crippen molar-refractivity contribution in [3.63, 3.8) is 0 Å². The van der Waals surface area contributed by atoms with Crippen molar-refractivity contribution in [2.45, 2.75) is 43.5 Å². The summed E-state index contributed by atoms with van der Waals surface area (Å²) < 4.78 is 19.9. The molecule has 9 heteroatoms. The van der Waals surface area contributed by atoms with E-state index in [9.17, 15) is 14.3 Å². The van der Waals surface area contributed by atoms with Crippen LogP contribution in [0.5, 0.6) is 5.75 Å². The third-order valence-electron chi connectivity index (χ3n) is 6.61. The van der Waals surface area contributed by atoms with Crippen molar-refractivity contribution in [3.05, 3.63) is 53.8 Å². The Morgan fingerprint density at radius 3 is 2.56 bits per heavy atom. The van der Waals surface area contributed by atoms with Gasteiger partial charge in [0.2, 0.25) is 5.91 Å². The van der Waals surface area contributed by atoms with Crippen LogP contribution in [0.25, 0.3) is 0 Å². The third kappa shape index (κ3) is 3.81. The van der Waals surface area contributed by atoms with E-state index in [0.29, 0.717) is 5.75 Å². The zero-order valence-corrected chi connectivity index (χ0v) is 17.9. The molecule has 3 fully saturated rings. The summed E-state index contributed by atoms with van der Waals surface area (Å²) in [5.74, 6) is -0.446. The molecule has 3 unspecified atom stereocenters. The van der Waals surface area contributed by atoms with E-state index in [0.717, 1.165) is 37.2 Å². The van der Waals surface area contributed by atoms with Crippen molar-refractivity contribution in [1.29, 1.82) is 0 Å². The van der Waals surface area contributed by atoms with Crippen molar-refractivity contribution in [2.75, 3.05) is 30.1 Å². The zero-order valence-electron chi connectivity index (χ0n) is 17.9. The van der Waals surface area contributed by atoms with Crippen molar-refractivity contribution in [1.82, 2.24) is 16.3 Å². The third-order valence-corrected chi connectivity index (χ3v) is 6.61. The second-order valence-electron chi connectivity index (χ2n) is 8.56. The molecule has 2 aromatic rings. The van der Waals surface area contributed by atoms with Gasteiger partial charge in [-0.2, -0.15) is 0 Å². The molecule has 3 saturated heterocycles.